The summed E-state index contributed by atoms with van der Waals surface area (Å²) < 4.78 is 5.07. The van der Waals surface area contributed by atoms with E-state index in [1.54, 1.807) is 6.92 Å². The van der Waals surface area contributed by atoms with Crippen LogP contribution in [-0.4, -0.2) is 34.1 Å². The van der Waals surface area contributed by atoms with Gasteiger partial charge in [-0.2, -0.15) is 0 Å². The molecule has 1 heterocycles. The minimum absolute atomic E-state index is 0.0670. The SMILES string of the molecule is Cc1noc(C)c1CSCC(=O)NCC(C)(O)C(C)C. The van der Waals surface area contributed by atoms with Gasteiger partial charge in [0.25, 0.3) is 0 Å². The average molecular weight is 300 g/mol. The summed E-state index contributed by atoms with van der Waals surface area (Å²) in [7, 11) is 0. The number of carbonyl (C=O) groups is 1. The summed E-state index contributed by atoms with van der Waals surface area (Å²) in [6, 6.07) is 0. The number of rotatable bonds is 7. The summed E-state index contributed by atoms with van der Waals surface area (Å²) in [5.74, 6) is 1.89. The van der Waals surface area contributed by atoms with Gasteiger partial charge >= 0.3 is 0 Å². The van der Waals surface area contributed by atoms with Crippen LogP contribution in [-0.2, 0) is 10.5 Å². The molecule has 0 aliphatic carbocycles. The second kappa shape index (κ2) is 7.13. The molecule has 1 atom stereocenters. The van der Waals surface area contributed by atoms with E-state index < -0.39 is 5.60 Å². The Labute approximate surface area is 124 Å². The topological polar surface area (TPSA) is 75.4 Å². The number of thioether (sulfide) groups is 1. The maximum Gasteiger partial charge on any atom is 0.230 e. The molecule has 6 heteroatoms. The van der Waals surface area contributed by atoms with Crippen LogP contribution >= 0.6 is 11.8 Å². The van der Waals surface area contributed by atoms with Gasteiger partial charge in [0.15, 0.2) is 0 Å². The third-order valence-electron chi connectivity index (χ3n) is 3.55. The van der Waals surface area contributed by atoms with Gasteiger partial charge in [-0.05, 0) is 26.7 Å². The van der Waals surface area contributed by atoms with Gasteiger partial charge in [-0.15, -0.1) is 11.8 Å². The molecule has 0 spiro atoms. The lowest BCUT2D eigenvalue weighted by Gasteiger charge is -2.27. The summed E-state index contributed by atoms with van der Waals surface area (Å²) in [6.07, 6.45) is 0. The number of hydrogen-bond donors (Lipinski definition) is 2. The maximum atomic E-state index is 11.7. The smallest absolute Gasteiger partial charge is 0.230 e. The van der Waals surface area contributed by atoms with Crippen LogP contribution in [0.3, 0.4) is 0 Å². The van der Waals surface area contributed by atoms with Gasteiger partial charge in [-0.1, -0.05) is 19.0 Å². The number of aliphatic hydroxyl groups is 1. The van der Waals surface area contributed by atoms with Gasteiger partial charge in [0.2, 0.25) is 5.91 Å². The number of aromatic nitrogens is 1. The van der Waals surface area contributed by atoms with Crippen LogP contribution in [0.4, 0.5) is 0 Å². The summed E-state index contributed by atoms with van der Waals surface area (Å²) in [5.41, 5.74) is 1.05. The van der Waals surface area contributed by atoms with E-state index in [2.05, 4.69) is 10.5 Å². The zero-order chi connectivity index (χ0) is 15.3. The molecule has 0 radical (unpaired) electrons. The molecule has 0 aliphatic heterocycles. The van der Waals surface area contributed by atoms with Crippen LogP contribution in [0, 0.1) is 19.8 Å². The van der Waals surface area contributed by atoms with Gasteiger partial charge in [0, 0.05) is 17.9 Å². The van der Waals surface area contributed by atoms with Crippen LogP contribution in [0.2, 0.25) is 0 Å². The standard InChI is InChI=1S/C14H24N2O3S/c1-9(2)14(5,18)8-15-13(17)7-20-6-12-10(3)16-19-11(12)4/h9,18H,6-8H2,1-5H3,(H,15,17). The predicted octanol–water partition coefficient (Wildman–Crippen LogP) is 2.05. The number of nitrogens with zero attached hydrogens (tertiary/aromatic N) is 1. The first-order valence-corrected chi connectivity index (χ1v) is 7.88. The fraction of sp³-hybridized carbons (Fsp3) is 0.714. The Balaban J connectivity index is 2.31. The van der Waals surface area contributed by atoms with Crippen LogP contribution in [0.5, 0.6) is 0 Å². The van der Waals surface area contributed by atoms with Gasteiger partial charge in [0.05, 0.1) is 17.0 Å². The lowest BCUT2D eigenvalue weighted by molar-refractivity contribution is -0.120. The number of aryl methyl sites for hydroxylation is 2. The molecular weight excluding hydrogens is 276 g/mol. The number of amides is 1. The molecule has 1 rings (SSSR count). The van der Waals surface area contributed by atoms with Crippen LogP contribution in [0.1, 0.15) is 37.8 Å². The molecule has 114 valence electrons. The minimum Gasteiger partial charge on any atom is -0.388 e. The highest BCUT2D eigenvalue weighted by atomic mass is 32.2. The number of carbonyl (C=O) groups excluding carboxylic acids is 1. The Hall–Kier alpha value is -1.01. The second-order valence-electron chi connectivity index (χ2n) is 5.58. The predicted molar refractivity (Wildman–Crippen MR) is 80.6 cm³/mol. The molecule has 0 fully saturated rings. The van der Waals surface area contributed by atoms with Gasteiger partial charge in [0.1, 0.15) is 5.76 Å². The highest BCUT2D eigenvalue weighted by Crippen LogP contribution is 2.19. The first kappa shape index (κ1) is 17.0. The van der Waals surface area contributed by atoms with Gasteiger partial charge in [-0.25, -0.2) is 0 Å². The van der Waals surface area contributed by atoms with Crippen LogP contribution in [0.15, 0.2) is 4.52 Å². The van der Waals surface area contributed by atoms with Crippen molar-refractivity contribution in [2.24, 2.45) is 5.92 Å². The lowest BCUT2D eigenvalue weighted by Crippen LogP contribution is -2.44. The first-order valence-electron chi connectivity index (χ1n) is 6.72. The third kappa shape index (κ3) is 4.83. The summed E-state index contributed by atoms with van der Waals surface area (Å²) in [6.45, 7) is 9.63. The Morgan fingerprint density at radius 2 is 2.15 bits per heavy atom. The molecule has 20 heavy (non-hydrogen) atoms. The van der Waals surface area contributed by atoms with E-state index in [-0.39, 0.29) is 18.4 Å². The van der Waals surface area contributed by atoms with E-state index in [1.807, 2.05) is 27.7 Å². The van der Waals surface area contributed by atoms with Crippen molar-refractivity contribution < 1.29 is 14.4 Å². The van der Waals surface area contributed by atoms with Crippen molar-refractivity contribution in [2.75, 3.05) is 12.3 Å². The molecular formula is C14H24N2O3S. The van der Waals surface area contributed by atoms with Crippen molar-refractivity contribution in [3.05, 3.63) is 17.0 Å². The van der Waals surface area contributed by atoms with E-state index >= 15 is 0 Å². The highest BCUT2D eigenvalue weighted by molar-refractivity contribution is 7.99. The Morgan fingerprint density at radius 1 is 1.50 bits per heavy atom. The van der Waals surface area contributed by atoms with E-state index in [0.29, 0.717) is 11.5 Å². The van der Waals surface area contributed by atoms with Crippen molar-refractivity contribution in [2.45, 2.75) is 46.0 Å². The quantitative estimate of drug-likeness (QED) is 0.806. The van der Waals surface area contributed by atoms with Gasteiger partial charge in [-0.3, -0.25) is 4.79 Å². The summed E-state index contributed by atoms with van der Waals surface area (Å²) >= 11 is 1.51. The Bertz CT molecular complexity index is 436. The average Bonchev–Trinajstić information content (AvgIpc) is 2.68. The second-order valence-corrected chi connectivity index (χ2v) is 6.57. The monoisotopic (exact) mass is 300 g/mol. The van der Waals surface area contributed by atoms with E-state index in [0.717, 1.165) is 17.0 Å². The first-order chi connectivity index (χ1) is 9.24. The molecule has 0 aliphatic rings. The van der Waals surface area contributed by atoms with Crippen molar-refractivity contribution >= 4 is 17.7 Å². The van der Waals surface area contributed by atoms with Crippen molar-refractivity contribution in [3.8, 4) is 0 Å². The Morgan fingerprint density at radius 3 is 2.65 bits per heavy atom. The van der Waals surface area contributed by atoms with Crippen molar-refractivity contribution in [1.29, 1.82) is 0 Å². The minimum atomic E-state index is -0.873. The van der Waals surface area contributed by atoms with Gasteiger partial charge < -0.3 is 14.9 Å². The molecule has 1 amide bonds. The van der Waals surface area contributed by atoms with Crippen molar-refractivity contribution in [1.82, 2.24) is 10.5 Å². The lowest BCUT2D eigenvalue weighted by atomic mass is 9.93. The zero-order valence-corrected chi connectivity index (χ0v) is 13.6. The summed E-state index contributed by atoms with van der Waals surface area (Å²) in [4.78, 5) is 11.7. The Kier molecular flexibility index (Phi) is 6.07. The third-order valence-corrected chi connectivity index (χ3v) is 4.51. The number of hydrogen-bond acceptors (Lipinski definition) is 5. The van der Waals surface area contributed by atoms with Crippen molar-refractivity contribution in [3.63, 3.8) is 0 Å². The molecule has 1 unspecified atom stereocenters. The summed E-state index contributed by atoms with van der Waals surface area (Å²) in [5, 5.41) is 16.7. The van der Waals surface area contributed by atoms with Crippen LogP contribution < -0.4 is 5.32 Å². The molecule has 2 N–H and O–H groups in total. The number of nitrogens with one attached hydrogen (secondary N) is 1. The molecule has 0 bridgehead atoms. The molecule has 1 aromatic heterocycles. The normalized spacial score (nSPS) is 14.3. The van der Waals surface area contributed by atoms with E-state index in [4.69, 9.17) is 4.52 Å². The molecule has 0 aromatic carbocycles. The molecule has 5 nitrogen and oxygen atoms in total. The fourth-order valence-corrected chi connectivity index (χ4v) is 2.49. The molecule has 0 saturated carbocycles. The fourth-order valence-electron chi connectivity index (χ4n) is 1.49. The molecule has 1 aromatic rings. The zero-order valence-electron chi connectivity index (χ0n) is 12.8. The molecule has 0 saturated heterocycles. The highest BCUT2D eigenvalue weighted by Gasteiger charge is 2.25. The van der Waals surface area contributed by atoms with E-state index in [1.165, 1.54) is 11.8 Å². The maximum absolute atomic E-state index is 11.7. The van der Waals surface area contributed by atoms with Crippen LogP contribution in [0.25, 0.3) is 0 Å². The largest absolute Gasteiger partial charge is 0.388 e. The van der Waals surface area contributed by atoms with E-state index in [9.17, 15) is 9.90 Å².